The van der Waals surface area contributed by atoms with Crippen LogP contribution in [-0.2, 0) is 16.0 Å². The fourth-order valence-electron chi connectivity index (χ4n) is 2.10. The van der Waals surface area contributed by atoms with Gasteiger partial charge in [-0.1, -0.05) is 25.5 Å². The molecule has 1 aromatic carbocycles. The average molecular weight is 306 g/mol. The lowest BCUT2D eigenvalue weighted by molar-refractivity contribution is -0.129. The molecule has 5 nitrogen and oxygen atoms in total. The molecule has 0 saturated heterocycles. The summed E-state index contributed by atoms with van der Waals surface area (Å²) < 4.78 is 5.08. The van der Waals surface area contributed by atoms with Crippen LogP contribution in [0.5, 0.6) is 5.75 Å². The lowest BCUT2D eigenvalue weighted by Gasteiger charge is -2.20. The first kappa shape index (κ1) is 18.0. The summed E-state index contributed by atoms with van der Waals surface area (Å²) in [6.45, 7) is 5.45. The van der Waals surface area contributed by atoms with Gasteiger partial charge in [-0.05, 0) is 24.1 Å². The third-order valence-electron chi connectivity index (χ3n) is 3.45. The van der Waals surface area contributed by atoms with Gasteiger partial charge in [-0.15, -0.1) is 0 Å². The summed E-state index contributed by atoms with van der Waals surface area (Å²) in [5.74, 6) is 0.791. The molecule has 0 atom stereocenters. The van der Waals surface area contributed by atoms with Crippen LogP contribution in [0.25, 0.3) is 0 Å². The molecule has 0 aliphatic carbocycles. The Morgan fingerprint density at radius 2 is 1.86 bits per heavy atom. The minimum atomic E-state index is -0.0378. The summed E-state index contributed by atoms with van der Waals surface area (Å²) >= 11 is 0. The number of unbranched alkanes of at least 4 members (excludes halogenated alkanes) is 1. The Hall–Kier alpha value is -2.04. The van der Waals surface area contributed by atoms with Crippen molar-refractivity contribution >= 4 is 11.8 Å². The number of benzene rings is 1. The Kier molecular flexibility index (Phi) is 8.04. The highest BCUT2D eigenvalue weighted by Gasteiger charge is 2.09. The third kappa shape index (κ3) is 6.61. The molecule has 5 heteroatoms. The van der Waals surface area contributed by atoms with E-state index in [1.165, 1.54) is 0 Å². The van der Waals surface area contributed by atoms with E-state index < -0.39 is 0 Å². The zero-order chi connectivity index (χ0) is 16.4. The predicted molar refractivity (Wildman–Crippen MR) is 86.9 cm³/mol. The Bertz CT molecular complexity index is 471. The monoisotopic (exact) mass is 306 g/mol. The number of hydrogen-bond donors (Lipinski definition) is 1. The van der Waals surface area contributed by atoms with Crippen molar-refractivity contribution < 1.29 is 14.3 Å². The van der Waals surface area contributed by atoms with Crippen molar-refractivity contribution in [2.45, 2.75) is 33.1 Å². The summed E-state index contributed by atoms with van der Waals surface area (Å²) in [6.07, 6.45) is 2.37. The first-order valence-electron chi connectivity index (χ1n) is 7.72. The average Bonchev–Trinajstić information content (AvgIpc) is 2.51. The van der Waals surface area contributed by atoms with Gasteiger partial charge in [0.2, 0.25) is 11.8 Å². The molecule has 22 heavy (non-hydrogen) atoms. The van der Waals surface area contributed by atoms with Crippen molar-refractivity contribution in [2.75, 3.05) is 26.7 Å². The molecular formula is C17H26N2O3. The largest absolute Gasteiger partial charge is 0.497 e. The fraction of sp³-hybridized carbons (Fsp3) is 0.529. The van der Waals surface area contributed by atoms with Crippen LogP contribution in [0.15, 0.2) is 24.3 Å². The Balaban J connectivity index is 2.33. The van der Waals surface area contributed by atoms with E-state index in [2.05, 4.69) is 12.2 Å². The number of amides is 2. The quantitative estimate of drug-likeness (QED) is 0.759. The van der Waals surface area contributed by atoms with E-state index in [1.807, 2.05) is 24.3 Å². The second-order valence-corrected chi connectivity index (χ2v) is 5.23. The molecule has 0 heterocycles. The van der Waals surface area contributed by atoms with Crippen molar-refractivity contribution in [3.05, 3.63) is 29.8 Å². The molecule has 1 rings (SSSR count). The molecule has 0 bridgehead atoms. The van der Waals surface area contributed by atoms with Gasteiger partial charge in [-0.3, -0.25) is 9.59 Å². The van der Waals surface area contributed by atoms with Gasteiger partial charge in [-0.25, -0.2) is 0 Å². The van der Waals surface area contributed by atoms with Crippen molar-refractivity contribution in [1.82, 2.24) is 10.2 Å². The number of carbonyl (C=O) groups excluding carboxylic acids is 2. The highest BCUT2D eigenvalue weighted by atomic mass is 16.5. The van der Waals surface area contributed by atoms with Crippen LogP contribution < -0.4 is 10.1 Å². The third-order valence-corrected chi connectivity index (χ3v) is 3.45. The molecule has 0 radical (unpaired) electrons. The zero-order valence-electron chi connectivity index (χ0n) is 13.7. The van der Waals surface area contributed by atoms with Gasteiger partial charge >= 0.3 is 0 Å². The van der Waals surface area contributed by atoms with Crippen molar-refractivity contribution in [1.29, 1.82) is 0 Å². The minimum absolute atomic E-state index is 0.0378. The fourth-order valence-corrected chi connectivity index (χ4v) is 2.10. The number of nitrogens with one attached hydrogen (secondary N) is 1. The van der Waals surface area contributed by atoms with E-state index in [1.54, 1.807) is 18.9 Å². The standard InChI is InChI=1S/C17H26N2O3/c1-4-5-11-19(14(2)20)12-10-18-17(21)13-15-6-8-16(22-3)9-7-15/h6-9H,4-5,10-13H2,1-3H3,(H,18,21). The maximum absolute atomic E-state index is 11.9. The van der Waals surface area contributed by atoms with Crippen LogP contribution in [0.4, 0.5) is 0 Å². The van der Waals surface area contributed by atoms with Crippen LogP contribution in [0.3, 0.4) is 0 Å². The van der Waals surface area contributed by atoms with Gasteiger partial charge < -0.3 is 15.0 Å². The Labute approximate surface area is 132 Å². The maximum Gasteiger partial charge on any atom is 0.224 e. The van der Waals surface area contributed by atoms with E-state index >= 15 is 0 Å². The highest BCUT2D eigenvalue weighted by molar-refractivity contribution is 5.78. The van der Waals surface area contributed by atoms with Crippen LogP contribution in [0.2, 0.25) is 0 Å². The summed E-state index contributed by atoms with van der Waals surface area (Å²) in [7, 11) is 1.61. The number of hydrogen-bond acceptors (Lipinski definition) is 3. The normalized spacial score (nSPS) is 10.1. The maximum atomic E-state index is 11.9. The lowest BCUT2D eigenvalue weighted by Crippen LogP contribution is -2.38. The number of methoxy groups -OCH3 is 1. The van der Waals surface area contributed by atoms with Gasteiger partial charge in [0.1, 0.15) is 5.75 Å². The van der Waals surface area contributed by atoms with Crippen LogP contribution in [-0.4, -0.2) is 43.5 Å². The van der Waals surface area contributed by atoms with Crippen molar-refractivity contribution in [3.63, 3.8) is 0 Å². The van der Waals surface area contributed by atoms with E-state index in [0.717, 1.165) is 30.7 Å². The molecule has 0 aliphatic rings. The molecule has 0 unspecified atom stereocenters. The topological polar surface area (TPSA) is 58.6 Å². The molecule has 1 aromatic rings. The first-order chi connectivity index (χ1) is 10.6. The molecule has 0 saturated carbocycles. The first-order valence-corrected chi connectivity index (χ1v) is 7.72. The second-order valence-electron chi connectivity index (χ2n) is 5.23. The molecular weight excluding hydrogens is 280 g/mol. The number of rotatable bonds is 9. The SMILES string of the molecule is CCCCN(CCNC(=O)Cc1ccc(OC)cc1)C(C)=O. The molecule has 1 N–H and O–H groups in total. The molecule has 2 amide bonds. The Morgan fingerprint density at radius 3 is 2.41 bits per heavy atom. The molecule has 0 spiro atoms. The summed E-state index contributed by atoms with van der Waals surface area (Å²) in [5.41, 5.74) is 0.938. The van der Waals surface area contributed by atoms with Crippen LogP contribution in [0.1, 0.15) is 32.3 Å². The minimum Gasteiger partial charge on any atom is -0.497 e. The summed E-state index contributed by atoms with van der Waals surface area (Å²) in [6, 6.07) is 7.43. The Morgan fingerprint density at radius 1 is 1.18 bits per heavy atom. The zero-order valence-corrected chi connectivity index (χ0v) is 13.7. The summed E-state index contributed by atoms with van der Waals surface area (Å²) in [4.78, 5) is 25.1. The van der Waals surface area contributed by atoms with Gasteiger partial charge in [0.25, 0.3) is 0 Å². The lowest BCUT2D eigenvalue weighted by atomic mass is 10.1. The van der Waals surface area contributed by atoms with Crippen LogP contribution >= 0.6 is 0 Å². The second kappa shape index (κ2) is 9.82. The smallest absolute Gasteiger partial charge is 0.224 e. The van der Waals surface area contributed by atoms with Crippen molar-refractivity contribution in [3.8, 4) is 5.75 Å². The number of carbonyl (C=O) groups is 2. The van der Waals surface area contributed by atoms with Crippen molar-refractivity contribution in [2.24, 2.45) is 0 Å². The number of nitrogens with zero attached hydrogens (tertiary/aromatic N) is 1. The van der Waals surface area contributed by atoms with Gasteiger partial charge in [0.15, 0.2) is 0 Å². The molecule has 0 aliphatic heterocycles. The van der Waals surface area contributed by atoms with Gasteiger partial charge in [0, 0.05) is 26.6 Å². The molecule has 122 valence electrons. The van der Waals surface area contributed by atoms with E-state index in [0.29, 0.717) is 19.5 Å². The van der Waals surface area contributed by atoms with E-state index in [-0.39, 0.29) is 11.8 Å². The highest BCUT2D eigenvalue weighted by Crippen LogP contribution is 2.11. The predicted octanol–water partition coefficient (Wildman–Crippen LogP) is 2.00. The van der Waals surface area contributed by atoms with Gasteiger partial charge in [0.05, 0.1) is 13.5 Å². The van der Waals surface area contributed by atoms with Crippen LogP contribution in [0, 0.1) is 0 Å². The molecule has 0 fully saturated rings. The molecule has 0 aromatic heterocycles. The van der Waals surface area contributed by atoms with E-state index in [4.69, 9.17) is 4.74 Å². The van der Waals surface area contributed by atoms with Gasteiger partial charge in [-0.2, -0.15) is 0 Å². The summed E-state index contributed by atoms with van der Waals surface area (Å²) in [5, 5.41) is 2.86. The van der Waals surface area contributed by atoms with E-state index in [9.17, 15) is 9.59 Å². The number of ether oxygens (including phenoxy) is 1.